The lowest BCUT2D eigenvalue weighted by Crippen LogP contribution is -2.13. The molecule has 0 aliphatic carbocycles. The van der Waals surface area contributed by atoms with Crippen molar-refractivity contribution in [1.29, 1.82) is 0 Å². The van der Waals surface area contributed by atoms with E-state index in [1.165, 1.54) is 7.11 Å². The maximum Gasteiger partial charge on any atom is 0.338 e. The molecule has 0 atom stereocenters. The van der Waals surface area contributed by atoms with E-state index in [1.807, 2.05) is 53.7 Å². The van der Waals surface area contributed by atoms with Gasteiger partial charge < -0.3 is 9.84 Å². The predicted molar refractivity (Wildman–Crippen MR) is 86.3 cm³/mol. The first-order valence-corrected chi connectivity index (χ1v) is 7.11. The predicted octanol–water partition coefficient (Wildman–Crippen LogP) is 4.29. The molecule has 0 amide bonds. The van der Waals surface area contributed by atoms with Crippen LogP contribution in [-0.2, 0) is 14.9 Å². The number of phenols is 1. The molecule has 0 radical (unpaired) electrons. The summed E-state index contributed by atoms with van der Waals surface area (Å²) < 4.78 is 4.90. The monoisotopic (exact) mass is 290 g/mol. The Morgan fingerprint density at radius 1 is 1.14 bits per heavy atom. The van der Waals surface area contributed by atoms with Crippen molar-refractivity contribution in [2.45, 2.75) is 47.0 Å². The fourth-order valence-electron chi connectivity index (χ4n) is 2.11. The Kier molecular flexibility index (Phi) is 4.87. The molecule has 0 aliphatic rings. The Morgan fingerprint density at radius 3 is 2.14 bits per heavy atom. The summed E-state index contributed by atoms with van der Waals surface area (Å²) in [6.07, 6.45) is 1.90. The van der Waals surface area contributed by atoms with Crippen LogP contribution in [0.3, 0.4) is 0 Å². The fraction of sp³-hybridized carbons (Fsp3) is 0.500. The van der Waals surface area contributed by atoms with E-state index >= 15 is 0 Å². The highest BCUT2D eigenvalue weighted by Crippen LogP contribution is 2.34. The molecule has 0 spiro atoms. The number of ether oxygens (including phenoxy) is 1. The number of allylic oxidation sites excluding steroid dienone is 1. The van der Waals surface area contributed by atoms with Crippen LogP contribution in [-0.4, -0.2) is 18.2 Å². The van der Waals surface area contributed by atoms with E-state index in [-0.39, 0.29) is 22.5 Å². The van der Waals surface area contributed by atoms with Crippen molar-refractivity contribution in [1.82, 2.24) is 0 Å². The van der Waals surface area contributed by atoms with Gasteiger partial charge in [-0.3, -0.25) is 0 Å². The molecular formula is C18H26O3. The van der Waals surface area contributed by atoms with Gasteiger partial charge >= 0.3 is 5.97 Å². The minimum atomic E-state index is -0.365. The van der Waals surface area contributed by atoms with Crippen LogP contribution in [0.15, 0.2) is 24.3 Å². The number of aromatic hydroxyl groups is 1. The number of methoxy groups -OCH3 is 1. The zero-order chi connectivity index (χ0) is 16.4. The number of benzene rings is 1. The Hall–Kier alpha value is -1.77. The molecule has 1 aromatic carbocycles. The van der Waals surface area contributed by atoms with Crippen molar-refractivity contribution in [3.63, 3.8) is 0 Å². The highest BCUT2D eigenvalue weighted by Gasteiger charge is 2.22. The van der Waals surface area contributed by atoms with Crippen molar-refractivity contribution in [2.24, 2.45) is 5.41 Å². The summed E-state index contributed by atoms with van der Waals surface area (Å²) in [5.74, 6) is -0.123. The van der Waals surface area contributed by atoms with Gasteiger partial charge in [0.1, 0.15) is 5.75 Å². The van der Waals surface area contributed by atoms with Gasteiger partial charge in [-0.05, 0) is 34.1 Å². The molecule has 21 heavy (non-hydrogen) atoms. The fourth-order valence-corrected chi connectivity index (χ4v) is 2.11. The summed E-state index contributed by atoms with van der Waals surface area (Å²) in [6, 6.07) is 5.25. The highest BCUT2D eigenvalue weighted by atomic mass is 16.5. The number of carbonyl (C=O) groups excluding carboxylic acids is 1. The van der Waals surface area contributed by atoms with Crippen molar-refractivity contribution in [3.05, 3.63) is 35.4 Å². The lowest BCUT2D eigenvalue weighted by atomic mass is 9.83. The van der Waals surface area contributed by atoms with E-state index in [4.69, 9.17) is 4.74 Å². The first-order chi connectivity index (χ1) is 9.45. The third kappa shape index (κ3) is 4.62. The molecule has 0 aromatic heterocycles. The molecule has 0 saturated carbocycles. The highest BCUT2D eigenvalue weighted by molar-refractivity contribution is 6.16. The zero-order valence-corrected chi connectivity index (χ0v) is 14.1. The van der Waals surface area contributed by atoms with Crippen molar-refractivity contribution >= 4 is 11.5 Å². The van der Waals surface area contributed by atoms with E-state index in [9.17, 15) is 9.90 Å². The van der Waals surface area contributed by atoms with Crippen LogP contribution in [0.5, 0.6) is 5.75 Å². The Labute approximate surface area is 127 Å². The van der Waals surface area contributed by atoms with E-state index in [2.05, 4.69) is 0 Å². The van der Waals surface area contributed by atoms with Crippen molar-refractivity contribution < 1.29 is 14.6 Å². The van der Waals surface area contributed by atoms with Gasteiger partial charge in [-0.1, -0.05) is 53.7 Å². The van der Waals surface area contributed by atoms with Crippen LogP contribution >= 0.6 is 0 Å². The first-order valence-electron chi connectivity index (χ1n) is 7.11. The Balaban J connectivity index is 3.47. The third-order valence-corrected chi connectivity index (χ3v) is 3.10. The molecule has 3 heteroatoms. The second-order valence-electron chi connectivity index (χ2n) is 7.40. The van der Waals surface area contributed by atoms with Gasteiger partial charge in [0.2, 0.25) is 0 Å². The number of rotatable bonds is 2. The smallest absolute Gasteiger partial charge is 0.338 e. The van der Waals surface area contributed by atoms with E-state index in [0.717, 1.165) is 11.1 Å². The summed E-state index contributed by atoms with van der Waals surface area (Å²) in [7, 11) is 1.38. The maximum absolute atomic E-state index is 12.1. The van der Waals surface area contributed by atoms with Gasteiger partial charge in [0.25, 0.3) is 0 Å². The summed E-state index contributed by atoms with van der Waals surface area (Å²) in [4.78, 5) is 12.1. The molecule has 0 fully saturated rings. The summed E-state index contributed by atoms with van der Waals surface area (Å²) >= 11 is 0. The summed E-state index contributed by atoms with van der Waals surface area (Å²) in [5, 5.41) is 10.0. The van der Waals surface area contributed by atoms with Crippen LogP contribution in [0.4, 0.5) is 0 Å². The molecule has 1 aromatic rings. The van der Waals surface area contributed by atoms with E-state index in [1.54, 1.807) is 12.1 Å². The maximum atomic E-state index is 12.1. The largest absolute Gasteiger partial charge is 0.508 e. The quantitative estimate of drug-likeness (QED) is 0.653. The summed E-state index contributed by atoms with van der Waals surface area (Å²) in [6.45, 7) is 12.2. The zero-order valence-electron chi connectivity index (χ0n) is 14.1. The van der Waals surface area contributed by atoms with Gasteiger partial charge in [0, 0.05) is 0 Å². The molecule has 0 bridgehead atoms. The number of hydrogen-bond acceptors (Lipinski definition) is 3. The first kappa shape index (κ1) is 17.3. The third-order valence-electron chi connectivity index (χ3n) is 3.10. The molecule has 0 heterocycles. The Bertz CT molecular complexity index is 555. The van der Waals surface area contributed by atoms with Gasteiger partial charge in [-0.2, -0.15) is 0 Å². The SMILES string of the molecule is COC(=O)C(=CC(C)(C)C)c1ccc(O)c(C(C)(C)C)c1. The molecule has 0 aliphatic heterocycles. The lowest BCUT2D eigenvalue weighted by Gasteiger charge is -2.22. The Morgan fingerprint density at radius 2 is 1.71 bits per heavy atom. The number of esters is 1. The van der Waals surface area contributed by atoms with Gasteiger partial charge in [-0.15, -0.1) is 0 Å². The minimum absolute atomic E-state index is 0.149. The molecule has 1 rings (SSSR count). The second-order valence-corrected chi connectivity index (χ2v) is 7.40. The van der Waals surface area contributed by atoms with Crippen LogP contribution in [0.1, 0.15) is 52.7 Å². The van der Waals surface area contributed by atoms with Crippen LogP contribution in [0.2, 0.25) is 0 Å². The van der Waals surface area contributed by atoms with Crippen LogP contribution in [0, 0.1) is 5.41 Å². The molecule has 3 nitrogen and oxygen atoms in total. The van der Waals surface area contributed by atoms with Crippen molar-refractivity contribution in [2.75, 3.05) is 7.11 Å². The molecule has 0 unspecified atom stereocenters. The topological polar surface area (TPSA) is 46.5 Å². The minimum Gasteiger partial charge on any atom is -0.508 e. The molecular weight excluding hydrogens is 264 g/mol. The average Bonchev–Trinajstić information content (AvgIpc) is 2.33. The molecule has 1 N–H and O–H groups in total. The normalized spacial score (nSPS) is 13.2. The van der Waals surface area contributed by atoms with Gasteiger partial charge in [0.05, 0.1) is 12.7 Å². The number of carbonyl (C=O) groups is 1. The molecule has 0 saturated heterocycles. The molecule has 116 valence electrons. The number of hydrogen-bond donors (Lipinski definition) is 1. The standard InChI is InChI=1S/C18H26O3/c1-17(2,3)11-13(16(20)21-7)12-8-9-15(19)14(10-12)18(4,5)6/h8-11,19H,1-7H3. The van der Waals surface area contributed by atoms with Gasteiger partial charge in [0.15, 0.2) is 0 Å². The average molecular weight is 290 g/mol. The van der Waals surface area contributed by atoms with Crippen molar-refractivity contribution in [3.8, 4) is 5.75 Å². The van der Waals surface area contributed by atoms with E-state index in [0.29, 0.717) is 5.57 Å². The van der Waals surface area contributed by atoms with E-state index < -0.39 is 0 Å². The van der Waals surface area contributed by atoms with Crippen LogP contribution < -0.4 is 0 Å². The lowest BCUT2D eigenvalue weighted by molar-refractivity contribution is -0.133. The number of phenolic OH excluding ortho intramolecular Hbond substituents is 1. The second kappa shape index (κ2) is 5.92. The van der Waals surface area contributed by atoms with Crippen LogP contribution in [0.25, 0.3) is 5.57 Å². The van der Waals surface area contributed by atoms with Gasteiger partial charge in [-0.25, -0.2) is 4.79 Å². The summed E-state index contributed by atoms with van der Waals surface area (Å²) in [5.41, 5.74) is 1.74.